The highest BCUT2D eigenvalue weighted by Crippen LogP contribution is 2.23. The van der Waals surface area contributed by atoms with Crippen molar-refractivity contribution >= 4 is 35.2 Å². The molecule has 0 saturated heterocycles. The van der Waals surface area contributed by atoms with Gasteiger partial charge in [0.2, 0.25) is 0 Å². The summed E-state index contributed by atoms with van der Waals surface area (Å²) in [5, 5.41) is 0. The van der Waals surface area contributed by atoms with Gasteiger partial charge in [-0.25, -0.2) is 0 Å². The van der Waals surface area contributed by atoms with Gasteiger partial charge in [0.25, 0.3) is 0 Å². The summed E-state index contributed by atoms with van der Waals surface area (Å²) in [4.78, 5) is 1.38. The van der Waals surface area contributed by atoms with Gasteiger partial charge in [-0.3, -0.25) is 0 Å². The summed E-state index contributed by atoms with van der Waals surface area (Å²) in [7, 11) is 0.156. The van der Waals surface area contributed by atoms with Gasteiger partial charge in [-0.15, -0.1) is 0 Å². The third-order valence-electron chi connectivity index (χ3n) is 5.69. The second-order valence-corrected chi connectivity index (χ2v) is 10.9. The number of benzene rings is 3. The minimum atomic E-state index is 0.156. The zero-order valence-electron chi connectivity index (χ0n) is 21.6. The summed E-state index contributed by atoms with van der Waals surface area (Å²) < 4.78 is 11.5. The quantitative estimate of drug-likeness (QED) is 0.136. The number of hydrogen-bond donors (Lipinski definition) is 0. The molecule has 0 atom stereocenters. The van der Waals surface area contributed by atoms with Gasteiger partial charge in [-0.05, 0) is 65.9 Å². The molecule has 35 heavy (non-hydrogen) atoms. The minimum Gasteiger partial charge on any atom is -0.494 e. The molecule has 0 amide bonds. The van der Waals surface area contributed by atoms with E-state index in [4.69, 9.17) is 9.47 Å². The molecule has 3 aromatic rings. The van der Waals surface area contributed by atoms with Crippen molar-refractivity contribution in [1.82, 2.24) is 0 Å². The Labute approximate surface area is 215 Å². The van der Waals surface area contributed by atoms with Gasteiger partial charge in [0.1, 0.15) is 24.0 Å². The van der Waals surface area contributed by atoms with Crippen molar-refractivity contribution in [3.63, 3.8) is 0 Å². The van der Waals surface area contributed by atoms with Crippen LogP contribution >= 0.6 is 0 Å². The van der Waals surface area contributed by atoms with Crippen molar-refractivity contribution in [2.75, 3.05) is 25.7 Å². The summed E-state index contributed by atoms with van der Waals surface area (Å²) in [6.45, 7) is 5.92. The average molecular weight is 488 g/mol. The highest BCUT2D eigenvalue weighted by atomic mass is 32.2. The van der Waals surface area contributed by atoms with Crippen LogP contribution in [0.25, 0.3) is 24.3 Å². The normalized spacial score (nSPS) is 11.6. The van der Waals surface area contributed by atoms with Crippen LogP contribution in [0.3, 0.4) is 0 Å². The number of hydrogen-bond acceptors (Lipinski definition) is 2. The fourth-order valence-corrected chi connectivity index (χ4v) is 4.52. The second-order valence-electron chi connectivity index (χ2n) is 8.82. The zero-order chi connectivity index (χ0) is 24.9. The largest absolute Gasteiger partial charge is 0.494 e. The molecule has 3 heteroatoms. The molecule has 3 rings (SSSR count). The van der Waals surface area contributed by atoms with Crippen molar-refractivity contribution in [2.45, 2.75) is 44.4 Å². The molecule has 0 aliphatic rings. The Kier molecular flexibility index (Phi) is 11.0. The summed E-state index contributed by atoms with van der Waals surface area (Å²) >= 11 is 0. The molecule has 0 bridgehead atoms. The first kappa shape index (κ1) is 26.7. The SMILES string of the molecule is CCCCOc1ccc(C=Cc2ccc(/C=C/c3ccc(OCCCC)cc3)cc2[S+](C)C)cc1. The molecular weight excluding hydrogens is 448 g/mol. The molecule has 0 unspecified atom stereocenters. The number of ether oxygens (including phenoxy) is 2. The van der Waals surface area contributed by atoms with Crippen molar-refractivity contribution < 1.29 is 9.47 Å². The number of rotatable bonds is 13. The first-order valence-electron chi connectivity index (χ1n) is 12.6. The Morgan fingerprint density at radius 1 is 0.600 bits per heavy atom. The summed E-state index contributed by atoms with van der Waals surface area (Å²) in [6, 6.07) is 23.4. The molecular formula is C32H39O2S+. The van der Waals surface area contributed by atoms with Crippen LogP contribution in [0.2, 0.25) is 0 Å². The van der Waals surface area contributed by atoms with Crippen LogP contribution in [0.15, 0.2) is 71.6 Å². The third kappa shape index (κ3) is 8.99. The van der Waals surface area contributed by atoms with Crippen LogP contribution in [-0.2, 0) is 10.9 Å². The molecule has 0 heterocycles. The van der Waals surface area contributed by atoms with Crippen molar-refractivity contribution in [1.29, 1.82) is 0 Å². The third-order valence-corrected chi connectivity index (χ3v) is 6.93. The van der Waals surface area contributed by atoms with Gasteiger partial charge in [-0.1, -0.05) is 75.2 Å². The fraction of sp³-hybridized carbons (Fsp3) is 0.312. The van der Waals surface area contributed by atoms with E-state index in [9.17, 15) is 0 Å². The van der Waals surface area contributed by atoms with E-state index in [0.717, 1.165) is 50.4 Å². The average Bonchev–Trinajstić information content (AvgIpc) is 2.88. The first-order chi connectivity index (χ1) is 17.1. The van der Waals surface area contributed by atoms with E-state index >= 15 is 0 Å². The predicted octanol–water partition coefficient (Wildman–Crippen LogP) is 8.62. The molecule has 3 aromatic carbocycles. The Morgan fingerprint density at radius 2 is 1.06 bits per heavy atom. The van der Waals surface area contributed by atoms with E-state index in [1.165, 1.54) is 27.1 Å². The molecule has 2 nitrogen and oxygen atoms in total. The van der Waals surface area contributed by atoms with Crippen LogP contribution in [0, 0.1) is 0 Å². The maximum absolute atomic E-state index is 5.77. The zero-order valence-corrected chi connectivity index (χ0v) is 22.4. The molecule has 0 saturated carbocycles. The van der Waals surface area contributed by atoms with Crippen LogP contribution in [0.5, 0.6) is 11.5 Å². The Hall–Kier alpha value is -2.91. The van der Waals surface area contributed by atoms with Crippen LogP contribution in [0.4, 0.5) is 0 Å². The van der Waals surface area contributed by atoms with Crippen LogP contribution < -0.4 is 9.47 Å². The van der Waals surface area contributed by atoms with E-state index in [-0.39, 0.29) is 10.9 Å². The predicted molar refractivity (Wildman–Crippen MR) is 155 cm³/mol. The lowest BCUT2D eigenvalue weighted by molar-refractivity contribution is 0.309. The minimum absolute atomic E-state index is 0.156. The second kappa shape index (κ2) is 14.5. The first-order valence-corrected chi connectivity index (χ1v) is 14.7. The van der Waals surface area contributed by atoms with Gasteiger partial charge < -0.3 is 9.47 Å². The topological polar surface area (TPSA) is 18.5 Å². The Balaban J connectivity index is 1.66. The molecule has 0 aliphatic carbocycles. The highest BCUT2D eigenvalue weighted by Gasteiger charge is 2.13. The number of unbranched alkanes of at least 4 members (excludes halogenated alkanes) is 2. The van der Waals surface area contributed by atoms with E-state index in [1.54, 1.807) is 0 Å². The highest BCUT2D eigenvalue weighted by molar-refractivity contribution is 7.95. The summed E-state index contributed by atoms with van der Waals surface area (Å²) in [6.07, 6.45) is 17.8. The van der Waals surface area contributed by atoms with Gasteiger partial charge in [-0.2, -0.15) is 0 Å². The standard InChI is InChI=1S/C32H39O2S/c1-5-7-23-33-30-19-13-26(14-20-30)9-10-28-12-18-29(32(25-28)35(3)4)17-11-27-15-21-31(22-16-27)34-24-8-6-2/h9-22,25H,5-8,23-24H2,1-4H3/q+1/b10-9+,17-11?. The smallest absolute Gasteiger partial charge is 0.162 e. The van der Waals surface area contributed by atoms with E-state index < -0.39 is 0 Å². The van der Waals surface area contributed by atoms with Crippen molar-refractivity contribution in [3.05, 3.63) is 89.0 Å². The van der Waals surface area contributed by atoms with E-state index in [1.807, 2.05) is 12.1 Å². The molecule has 0 N–H and O–H groups in total. The molecule has 0 aromatic heterocycles. The van der Waals surface area contributed by atoms with Crippen LogP contribution in [-0.4, -0.2) is 25.7 Å². The summed E-state index contributed by atoms with van der Waals surface area (Å²) in [5.74, 6) is 1.88. The maximum atomic E-state index is 5.77. The lowest BCUT2D eigenvalue weighted by Gasteiger charge is -2.06. The fourth-order valence-electron chi connectivity index (χ4n) is 3.54. The van der Waals surface area contributed by atoms with Gasteiger partial charge in [0, 0.05) is 22.5 Å². The molecule has 0 radical (unpaired) electrons. The molecule has 0 fully saturated rings. The lowest BCUT2D eigenvalue weighted by atomic mass is 10.1. The van der Waals surface area contributed by atoms with Crippen LogP contribution in [0.1, 0.15) is 61.8 Å². The van der Waals surface area contributed by atoms with Gasteiger partial charge >= 0.3 is 0 Å². The molecule has 0 spiro atoms. The summed E-state index contributed by atoms with van der Waals surface area (Å²) in [5.41, 5.74) is 4.84. The van der Waals surface area contributed by atoms with Crippen molar-refractivity contribution in [3.8, 4) is 11.5 Å². The molecule has 184 valence electrons. The Bertz CT molecular complexity index is 1080. The van der Waals surface area contributed by atoms with E-state index in [2.05, 4.69) is 105 Å². The monoisotopic (exact) mass is 487 g/mol. The van der Waals surface area contributed by atoms with Gasteiger partial charge in [0.15, 0.2) is 4.90 Å². The van der Waals surface area contributed by atoms with Crippen molar-refractivity contribution in [2.24, 2.45) is 0 Å². The Morgan fingerprint density at radius 3 is 1.54 bits per heavy atom. The van der Waals surface area contributed by atoms with E-state index in [0.29, 0.717) is 0 Å². The molecule has 0 aliphatic heterocycles. The lowest BCUT2D eigenvalue weighted by Crippen LogP contribution is -1.99. The van der Waals surface area contributed by atoms with Gasteiger partial charge in [0.05, 0.1) is 13.2 Å². The maximum Gasteiger partial charge on any atom is 0.162 e.